The fourth-order valence-corrected chi connectivity index (χ4v) is 1.41. The molecule has 1 rings (SSSR count). The first-order valence-electron chi connectivity index (χ1n) is 6.02. The molecule has 0 aromatic heterocycles. The van der Waals surface area contributed by atoms with Gasteiger partial charge in [0.05, 0.1) is 25.7 Å². The van der Waals surface area contributed by atoms with Crippen molar-refractivity contribution in [1.29, 1.82) is 0 Å². The minimum atomic E-state index is -0.454. The van der Waals surface area contributed by atoms with Gasteiger partial charge < -0.3 is 14.2 Å². The van der Waals surface area contributed by atoms with Gasteiger partial charge in [0.2, 0.25) is 0 Å². The molecule has 0 spiro atoms. The van der Waals surface area contributed by atoms with Gasteiger partial charge in [0.1, 0.15) is 0 Å². The lowest BCUT2D eigenvalue weighted by Crippen LogP contribution is -2.10. The van der Waals surface area contributed by atoms with Gasteiger partial charge in [-0.05, 0) is 31.5 Å². The number of carbonyl (C=O) groups excluding carboxylic acids is 2. The molecule has 0 saturated heterocycles. The molecule has 0 aliphatic carbocycles. The Labute approximate surface area is 112 Å². The predicted molar refractivity (Wildman–Crippen MR) is 69.2 cm³/mol. The molecule has 5 heteroatoms. The first-order chi connectivity index (χ1) is 9.12. The van der Waals surface area contributed by atoms with E-state index in [9.17, 15) is 9.59 Å². The second-order valence-electron chi connectivity index (χ2n) is 3.62. The van der Waals surface area contributed by atoms with Crippen molar-refractivity contribution < 1.29 is 23.8 Å². The van der Waals surface area contributed by atoms with E-state index in [1.807, 2.05) is 6.92 Å². The van der Waals surface area contributed by atoms with E-state index < -0.39 is 11.9 Å². The van der Waals surface area contributed by atoms with Gasteiger partial charge in [-0.1, -0.05) is 6.92 Å². The van der Waals surface area contributed by atoms with Crippen LogP contribution in [0.4, 0.5) is 0 Å². The summed E-state index contributed by atoms with van der Waals surface area (Å²) >= 11 is 0. The molecule has 0 saturated carbocycles. The molecule has 103 valence electrons. The van der Waals surface area contributed by atoms with Crippen LogP contribution in [0.2, 0.25) is 0 Å². The van der Waals surface area contributed by atoms with E-state index in [2.05, 4.69) is 0 Å². The van der Waals surface area contributed by atoms with Gasteiger partial charge in [-0.15, -0.1) is 0 Å². The van der Waals surface area contributed by atoms with Crippen molar-refractivity contribution in [1.82, 2.24) is 0 Å². The quantitative estimate of drug-likeness (QED) is 0.583. The average molecular weight is 265 g/mol. The molecule has 0 amide bonds. The maximum Gasteiger partial charge on any atom is 0.338 e. The zero-order chi connectivity index (χ0) is 14.3. The second-order valence-corrected chi connectivity index (χ2v) is 3.62. The second kappa shape index (κ2) is 7.41. The first kappa shape index (κ1) is 15.0. The van der Waals surface area contributed by atoms with Crippen molar-refractivity contribution in [3.05, 3.63) is 30.2 Å². The van der Waals surface area contributed by atoms with Crippen molar-refractivity contribution in [3.63, 3.8) is 0 Å². The molecular weight excluding hydrogens is 248 g/mol. The SMILES string of the molecule is CC[CH]C(=O)Oc1ccc(C(=O)OCC)cc1OC. The lowest BCUT2D eigenvalue weighted by molar-refractivity contribution is -0.130. The summed E-state index contributed by atoms with van der Waals surface area (Å²) in [4.78, 5) is 22.9. The van der Waals surface area contributed by atoms with Crippen LogP contribution in [0.3, 0.4) is 0 Å². The standard InChI is InChI=1S/C14H17O5/c1-4-6-13(15)19-11-8-7-10(9-12(11)17-3)14(16)18-5-2/h6-9H,4-5H2,1-3H3. The van der Waals surface area contributed by atoms with Crippen LogP contribution in [0.15, 0.2) is 18.2 Å². The van der Waals surface area contributed by atoms with Gasteiger partial charge in [-0.2, -0.15) is 0 Å². The topological polar surface area (TPSA) is 61.8 Å². The summed E-state index contributed by atoms with van der Waals surface area (Å²) in [5, 5.41) is 0. The molecule has 0 N–H and O–H groups in total. The summed E-state index contributed by atoms with van der Waals surface area (Å²) in [6.45, 7) is 3.86. The van der Waals surface area contributed by atoms with Crippen LogP contribution in [0.1, 0.15) is 30.6 Å². The summed E-state index contributed by atoms with van der Waals surface area (Å²) in [6, 6.07) is 4.51. The maximum atomic E-state index is 11.6. The number of hydrogen-bond donors (Lipinski definition) is 0. The molecule has 0 bridgehead atoms. The van der Waals surface area contributed by atoms with Gasteiger partial charge in [-0.25, -0.2) is 4.79 Å². The third-order valence-electron chi connectivity index (χ3n) is 2.26. The van der Waals surface area contributed by atoms with Crippen LogP contribution in [0, 0.1) is 6.42 Å². The zero-order valence-corrected chi connectivity index (χ0v) is 11.3. The lowest BCUT2D eigenvalue weighted by Gasteiger charge is -2.10. The lowest BCUT2D eigenvalue weighted by atomic mass is 10.2. The summed E-state index contributed by atoms with van der Waals surface area (Å²) in [6.07, 6.45) is 2.00. The highest BCUT2D eigenvalue weighted by atomic mass is 16.6. The van der Waals surface area contributed by atoms with E-state index in [-0.39, 0.29) is 5.75 Å². The number of benzene rings is 1. The predicted octanol–water partition coefficient (Wildman–Crippen LogP) is 2.39. The van der Waals surface area contributed by atoms with Crippen molar-refractivity contribution >= 4 is 11.9 Å². The van der Waals surface area contributed by atoms with Gasteiger partial charge in [-0.3, -0.25) is 4.79 Å². The summed E-state index contributed by atoms with van der Waals surface area (Å²) in [5.74, 6) is -0.322. The number of methoxy groups -OCH3 is 1. The number of ether oxygens (including phenoxy) is 3. The Morgan fingerprint density at radius 1 is 1.21 bits per heavy atom. The Kier molecular flexibility index (Phi) is 5.85. The first-order valence-corrected chi connectivity index (χ1v) is 6.02. The minimum Gasteiger partial charge on any atom is -0.493 e. The normalized spacial score (nSPS) is 9.84. The summed E-state index contributed by atoms with van der Waals surface area (Å²) in [7, 11) is 1.44. The third-order valence-corrected chi connectivity index (χ3v) is 2.26. The van der Waals surface area contributed by atoms with Crippen LogP contribution in [0.25, 0.3) is 0 Å². The Morgan fingerprint density at radius 2 is 1.95 bits per heavy atom. The van der Waals surface area contributed by atoms with E-state index in [4.69, 9.17) is 14.2 Å². The third kappa shape index (κ3) is 4.28. The van der Waals surface area contributed by atoms with Gasteiger partial charge >= 0.3 is 11.9 Å². The van der Waals surface area contributed by atoms with E-state index in [0.29, 0.717) is 24.3 Å². The number of esters is 2. The van der Waals surface area contributed by atoms with Crippen molar-refractivity contribution in [2.75, 3.05) is 13.7 Å². The van der Waals surface area contributed by atoms with Crippen LogP contribution in [-0.2, 0) is 9.53 Å². The molecule has 0 heterocycles. The van der Waals surface area contributed by atoms with Crippen molar-refractivity contribution in [3.8, 4) is 11.5 Å². The van der Waals surface area contributed by atoms with Crippen LogP contribution < -0.4 is 9.47 Å². The fourth-order valence-electron chi connectivity index (χ4n) is 1.41. The van der Waals surface area contributed by atoms with E-state index in [0.717, 1.165) is 0 Å². The molecule has 19 heavy (non-hydrogen) atoms. The largest absolute Gasteiger partial charge is 0.493 e. The minimum absolute atomic E-state index is 0.269. The highest BCUT2D eigenvalue weighted by Gasteiger charge is 2.14. The Morgan fingerprint density at radius 3 is 2.53 bits per heavy atom. The Hall–Kier alpha value is -2.04. The monoisotopic (exact) mass is 265 g/mol. The smallest absolute Gasteiger partial charge is 0.338 e. The van der Waals surface area contributed by atoms with Gasteiger partial charge in [0.25, 0.3) is 0 Å². The Balaban J connectivity index is 2.90. The van der Waals surface area contributed by atoms with E-state index in [1.165, 1.54) is 31.7 Å². The summed E-state index contributed by atoms with van der Waals surface area (Å²) < 4.78 is 15.1. The Bertz CT molecular complexity index is 453. The van der Waals surface area contributed by atoms with Crippen molar-refractivity contribution in [2.45, 2.75) is 20.3 Å². The van der Waals surface area contributed by atoms with Gasteiger partial charge in [0, 0.05) is 0 Å². The number of rotatable bonds is 6. The van der Waals surface area contributed by atoms with Crippen LogP contribution >= 0.6 is 0 Å². The highest BCUT2D eigenvalue weighted by Crippen LogP contribution is 2.28. The molecule has 0 aliphatic rings. The molecule has 1 aromatic rings. The van der Waals surface area contributed by atoms with E-state index >= 15 is 0 Å². The molecule has 1 aromatic carbocycles. The summed E-state index contributed by atoms with van der Waals surface area (Å²) in [5.41, 5.74) is 0.345. The molecule has 0 unspecified atom stereocenters. The highest BCUT2D eigenvalue weighted by molar-refractivity contribution is 5.90. The van der Waals surface area contributed by atoms with Crippen LogP contribution in [0.5, 0.6) is 11.5 Å². The van der Waals surface area contributed by atoms with Crippen LogP contribution in [-0.4, -0.2) is 25.7 Å². The average Bonchev–Trinajstić information content (AvgIpc) is 2.39. The number of hydrogen-bond acceptors (Lipinski definition) is 5. The van der Waals surface area contributed by atoms with Crippen molar-refractivity contribution in [2.24, 2.45) is 0 Å². The van der Waals surface area contributed by atoms with E-state index in [1.54, 1.807) is 6.92 Å². The maximum absolute atomic E-state index is 11.6. The molecule has 1 radical (unpaired) electrons. The number of carbonyl (C=O) groups is 2. The molecule has 0 aliphatic heterocycles. The molecule has 0 fully saturated rings. The molecular formula is C14H17O5. The molecule has 5 nitrogen and oxygen atoms in total. The molecule has 0 atom stereocenters. The zero-order valence-electron chi connectivity index (χ0n) is 11.3. The fraction of sp³-hybridized carbons (Fsp3) is 0.357. The van der Waals surface area contributed by atoms with Gasteiger partial charge in [0.15, 0.2) is 11.5 Å².